The SMILES string of the molecule is c1ccc(P(c2ccccc2)N(C2CCCCC2)P(c2ccccc2)c2ccccc2)cc1. The molecule has 0 atom stereocenters. The van der Waals surface area contributed by atoms with Gasteiger partial charge in [0.25, 0.3) is 0 Å². The van der Waals surface area contributed by atoms with Crippen LogP contribution in [-0.4, -0.2) is 10.5 Å². The van der Waals surface area contributed by atoms with E-state index in [9.17, 15) is 0 Å². The van der Waals surface area contributed by atoms with Crippen LogP contribution in [0.3, 0.4) is 0 Å². The van der Waals surface area contributed by atoms with Gasteiger partial charge in [-0.05, 0) is 34.1 Å². The van der Waals surface area contributed by atoms with Crippen molar-refractivity contribution in [2.24, 2.45) is 0 Å². The van der Waals surface area contributed by atoms with Gasteiger partial charge in [-0.15, -0.1) is 0 Å². The van der Waals surface area contributed by atoms with E-state index in [0.29, 0.717) is 6.04 Å². The van der Waals surface area contributed by atoms with Gasteiger partial charge in [-0.25, -0.2) is 4.44 Å². The summed E-state index contributed by atoms with van der Waals surface area (Å²) in [6.07, 6.45) is 6.61. The van der Waals surface area contributed by atoms with Crippen molar-refractivity contribution in [2.75, 3.05) is 0 Å². The summed E-state index contributed by atoms with van der Waals surface area (Å²) in [6.45, 7) is 0. The Morgan fingerprint density at radius 1 is 0.424 bits per heavy atom. The molecule has 5 rings (SSSR count). The summed E-state index contributed by atoms with van der Waals surface area (Å²) in [7, 11) is -1.32. The third-order valence-electron chi connectivity index (χ3n) is 6.31. The van der Waals surface area contributed by atoms with Crippen molar-refractivity contribution >= 4 is 37.4 Å². The summed E-state index contributed by atoms with van der Waals surface area (Å²) >= 11 is 0. The zero-order chi connectivity index (χ0) is 22.3. The van der Waals surface area contributed by atoms with Crippen molar-refractivity contribution < 1.29 is 0 Å². The molecule has 0 heterocycles. The van der Waals surface area contributed by atoms with Gasteiger partial charge in [0.2, 0.25) is 0 Å². The van der Waals surface area contributed by atoms with Crippen LogP contribution in [0.4, 0.5) is 0 Å². The van der Waals surface area contributed by atoms with Crippen molar-refractivity contribution in [1.29, 1.82) is 0 Å². The molecule has 0 saturated heterocycles. The van der Waals surface area contributed by atoms with E-state index in [-0.39, 0.29) is 0 Å². The number of hydrogen-bond donors (Lipinski definition) is 0. The molecule has 4 aromatic rings. The Bertz CT molecular complexity index is 935. The first-order chi connectivity index (χ1) is 16.4. The quantitative estimate of drug-likeness (QED) is 0.273. The largest absolute Gasteiger partial charge is 0.242 e. The maximum atomic E-state index is 2.97. The summed E-state index contributed by atoms with van der Waals surface area (Å²) in [4.78, 5) is 0. The van der Waals surface area contributed by atoms with E-state index < -0.39 is 16.1 Å². The monoisotopic (exact) mass is 467 g/mol. The van der Waals surface area contributed by atoms with Crippen LogP contribution in [-0.2, 0) is 0 Å². The third-order valence-corrected chi connectivity index (χ3v) is 12.0. The molecule has 1 fully saturated rings. The van der Waals surface area contributed by atoms with Crippen molar-refractivity contribution in [3.8, 4) is 0 Å². The van der Waals surface area contributed by atoms with Gasteiger partial charge in [0.1, 0.15) is 0 Å². The van der Waals surface area contributed by atoms with Crippen LogP contribution >= 0.6 is 16.1 Å². The number of rotatable bonds is 7. The number of benzene rings is 4. The first kappa shape index (κ1) is 22.5. The van der Waals surface area contributed by atoms with E-state index in [2.05, 4.69) is 126 Å². The van der Waals surface area contributed by atoms with Gasteiger partial charge >= 0.3 is 0 Å². The lowest BCUT2D eigenvalue weighted by atomic mass is 9.96. The fourth-order valence-corrected chi connectivity index (χ4v) is 11.2. The van der Waals surface area contributed by atoms with E-state index >= 15 is 0 Å². The van der Waals surface area contributed by atoms with E-state index in [4.69, 9.17) is 0 Å². The molecule has 0 N–H and O–H groups in total. The van der Waals surface area contributed by atoms with Gasteiger partial charge in [-0.2, -0.15) is 0 Å². The predicted molar refractivity (Wildman–Crippen MR) is 147 cm³/mol. The van der Waals surface area contributed by atoms with Gasteiger partial charge in [0.05, 0.1) is 0 Å². The summed E-state index contributed by atoms with van der Waals surface area (Å²) in [5, 5.41) is 5.79. The van der Waals surface area contributed by atoms with Gasteiger partial charge in [0, 0.05) is 22.2 Å². The molecule has 0 aromatic heterocycles. The van der Waals surface area contributed by atoms with Crippen LogP contribution in [0, 0.1) is 0 Å². The van der Waals surface area contributed by atoms with Crippen molar-refractivity contribution in [3.63, 3.8) is 0 Å². The molecule has 0 unspecified atom stereocenters. The highest BCUT2D eigenvalue weighted by Crippen LogP contribution is 2.57. The Morgan fingerprint density at radius 2 is 0.727 bits per heavy atom. The minimum atomic E-state index is -0.662. The van der Waals surface area contributed by atoms with Crippen LogP contribution in [0.5, 0.6) is 0 Å². The standard InChI is InChI=1S/C30H31NP2/c1-6-16-26(17-7-1)31(32(27-18-8-2-9-19-27)28-20-10-3-11-21-28)33(29-22-12-4-13-23-29)30-24-14-5-15-25-30/h2-5,8-15,18-26H,1,6-7,16-17H2. The highest BCUT2D eigenvalue weighted by Gasteiger charge is 2.37. The zero-order valence-electron chi connectivity index (χ0n) is 19.0. The van der Waals surface area contributed by atoms with E-state index in [0.717, 1.165) is 0 Å². The zero-order valence-corrected chi connectivity index (χ0v) is 20.8. The molecule has 0 bridgehead atoms. The molecule has 1 saturated carbocycles. The Labute approximate surface area is 201 Å². The van der Waals surface area contributed by atoms with Gasteiger partial charge < -0.3 is 0 Å². The average molecular weight is 468 g/mol. The molecular formula is C30H31NP2. The first-order valence-corrected chi connectivity index (χ1v) is 14.6. The van der Waals surface area contributed by atoms with Gasteiger partial charge in [-0.3, -0.25) is 0 Å². The molecule has 0 amide bonds. The molecule has 3 heteroatoms. The van der Waals surface area contributed by atoms with Crippen LogP contribution in [0.2, 0.25) is 0 Å². The molecule has 4 aromatic carbocycles. The Morgan fingerprint density at radius 3 is 1.03 bits per heavy atom. The maximum Gasteiger partial charge on any atom is 0.0325 e. The molecule has 1 aliphatic carbocycles. The second-order valence-electron chi connectivity index (χ2n) is 8.58. The van der Waals surface area contributed by atoms with Crippen LogP contribution in [0.1, 0.15) is 32.1 Å². The average Bonchev–Trinajstić information content (AvgIpc) is 2.91. The van der Waals surface area contributed by atoms with Gasteiger partial charge in [-0.1, -0.05) is 141 Å². The molecule has 166 valence electrons. The van der Waals surface area contributed by atoms with Gasteiger partial charge in [0.15, 0.2) is 0 Å². The van der Waals surface area contributed by atoms with E-state index in [1.807, 2.05) is 0 Å². The minimum absolute atomic E-state index is 0.594. The Kier molecular flexibility index (Phi) is 7.64. The molecule has 0 aliphatic heterocycles. The summed E-state index contributed by atoms with van der Waals surface area (Å²) < 4.78 is 2.97. The molecular weight excluding hydrogens is 436 g/mol. The van der Waals surface area contributed by atoms with Crippen LogP contribution in [0.15, 0.2) is 121 Å². The summed E-state index contributed by atoms with van der Waals surface area (Å²) in [5.41, 5.74) is 0. The first-order valence-electron chi connectivity index (χ1n) is 12.0. The molecule has 33 heavy (non-hydrogen) atoms. The van der Waals surface area contributed by atoms with Crippen LogP contribution in [0.25, 0.3) is 0 Å². The van der Waals surface area contributed by atoms with E-state index in [1.165, 1.54) is 53.3 Å². The summed E-state index contributed by atoms with van der Waals surface area (Å²) in [6, 6.07) is 45.6. The highest BCUT2D eigenvalue weighted by atomic mass is 31.2. The van der Waals surface area contributed by atoms with E-state index in [1.54, 1.807) is 0 Å². The molecule has 1 nitrogen and oxygen atoms in total. The Balaban J connectivity index is 1.72. The highest BCUT2D eigenvalue weighted by molar-refractivity contribution is 7.84. The lowest BCUT2D eigenvalue weighted by molar-refractivity contribution is 0.355. The molecule has 1 aliphatic rings. The lowest BCUT2D eigenvalue weighted by Gasteiger charge is -2.45. The van der Waals surface area contributed by atoms with Crippen molar-refractivity contribution in [3.05, 3.63) is 121 Å². The topological polar surface area (TPSA) is 3.24 Å². The van der Waals surface area contributed by atoms with Crippen molar-refractivity contribution in [1.82, 2.24) is 4.44 Å². The molecule has 0 radical (unpaired) electrons. The normalized spacial score (nSPS) is 14.8. The fourth-order valence-electron chi connectivity index (χ4n) is 4.78. The fraction of sp³-hybridized carbons (Fsp3) is 0.200. The summed E-state index contributed by atoms with van der Waals surface area (Å²) in [5.74, 6) is 0. The Hall–Kier alpha value is -2.30. The predicted octanol–water partition coefficient (Wildman–Crippen LogP) is 6.72. The number of nitrogens with zero attached hydrogens (tertiary/aromatic N) is 1. The minimum Gasteiger partial charge on any atom is -0.242 e. The lowest BCUT2D eigenvalue weighted by Crippen LogP contribution is -2.39. The van der Waals surface area contributed by atoms with Crippen LogP contribution < -0.4 is 21.2 Å². The van der Waals surface area contributed by atoms with Crippen molar-refractivity contribution in [2.45, 2.75) is 38.1 Å². The smallest absolute Gasteiger partial charge is 0.0325 e. The number of hydrogen-bond acceptors (Lipinski definition) is 1. The second-order valence-corrected chi connectivity index (χ2v) is 13.1. The second kappa shape index (κ2) is 11.2. The molecule has 0 spiro atoms. The third kappa shape index (κ3) is 5.28. The maximum absolute atomic E-state index is 2.97.